The first kappa shape index (κ1) is 34.8. The Morgan fingerprint density at radius 1 is 0.543 bits per heavy atom. The van der Waals surface area contributed by atoms with Crippen molar-refractivity contribution in [3.63, 3.8) is 0 Å². The molecule has 0 amide bonds. The summed E-state index contributed by atoms with van der Waals surface area (Å²) in [5.41, 5.74) is -0.949. The fourth-order valence-electron chi connectivity index (χ4n) is 3.54. The summed E-state index contributed by atoms with van der Waals surface area (Å²) in [6.07, 6.45) is 11.6. The van der Waals surface area contributed by atoms with Crippen LogP contribution in [0.4, 0.5) is 0 Å². The van der Waals surface area contributed by atoms with E-state index in [1.165, 1.54) is 6.42 Å². The summed E-state index contributed by atoms with van der Waals surface area (Å²) in [7, 11) is 0. The Bertz CT molecular complexity index is 476. The lowest BCUT2D eigenvalue weighted by molar-refractivity contribution is -0.537. The Morgan fingerprint density at radius 2 is 1.00 bits per heavy atom. The summed E-state index contributed by atoms with van der Waals surface area (Å²) in [4.78, 5) is 11.9. The molecule has 0 saturated heterocycles. The Hall–Kier alpha value is -0.240. The molecule has 0 aliphatic carbocycles. The minimum atomic E-state index is -1.28. The average molecular weight is 505 g/mol. The molecule has 0 aromatic carbocycles. The summed E-state index contributed by atoms with van der Waals surface area (Å²) >= 11 is 0. The van der Waals surface area contributed by atoms with Crippen LogP contribution in [0.25, 0.3) is 0 Å². The lowest BCUT2D eigenvalue weighted by atomic mass is 9.93. The van der Waals surface area contributed by atoms with Gasteiger partial charge in [0.2, 0.25) is 0 Å². The molecule has 0 fully saturated rings. The molecular weight excluding hydrogens is 444 g/mol. The van der Waals surface area contributed by atoms with Crippen LogP contribution in [0.1, 0.15) is 133 Å². The minimum absolute atomic E-state index is 0.236. The largest absolute Gasteiger partial charge is 0.373 e. The predicted octanol–water partition coefficient (Wildman–Crippen LogP) is 8.22. The van der Waals surface area contributed by atoms with E-state index in [4.69, 9.17) is 28.7 Å². The molecule has 212 valence electrons. The van der Waals surface area contributed by atoms with Gasteiger partial charge in [-0.3, -0.25) is 0 Å². The maximum absolute atomic E-state index is 6.27. The lowest BCUT2D eigenvalue weighted by Gasteiger charge is -2.42. The van der Waals surface area contributed by atoms with Crippen molar-refractivity contribution < 1.29 is 28.7 Å². The third-order valence-corrected chi connectivity index (χ3v) is 6.20. The van der Waals surface area contributed by atoms with Crippen LogP contribution < -0.4 is 0 Å². The SMILES string of the molecule is CCCCCOC(COOC(OCCCC)(OCCCCC)C(C)(C)C)C(C)(C)OCCCCC. The van der Waals surface area contributed by atoms with Gasteiger partial charge >= 0.3 is 5.97 Å². The van der Waals surface area contributed by atoms with Gasteiger partial charge in [-0.1, -0.05) is 93.4 Å². The van der Waals surface area contributed by atoms with Gasteiger partial charge in [0.15, 0.2) is 0 Å². The summed E-state index contributed by atoms with van der Waals surface area (Å²) in [5, 5.41) is 0. The summed E-state index contributed by atoms with van der Waals surface area (Å²) in [6, 6.07) is 0. The van der Waals surface area contributed by atoms with E-state index in [9.17, 15) is 0 Å². The van der Waals surface area contributed by atoms with Crippen LogP contribution in [0.5, 0.6) is 0 Å². The van der Waals surface area contributed by atoms with E-state index in [1.54, 1.807) is 0 Å². The van der Waals surface area contributed by atoms with Crippen molar-refractivity contribution >= 4 is 0 Å². The van der Waals surface area contributed by atoms with E-state index in [0.29, 0.717) is 26.4 Å². The number of hydrogen-bond donors (Lipinski definition) is 0. The molecule has 6 nitrogen and oxygen atoms in total. The molecule has 0 heterocycles. The van der Waals surface area contributed by atoms with E-state index in [2.05, 4.69) is 62.3 Å². The van der Waals surface area contributed by atoms with Gasteiger partial charge in [-0.05, 0) is 39.5 Å². The van der Waals surface area contributed by atoms with Crippen molar-refractivity contribution in [3.8, 4) is 0 Å². The maximum Gasteiger partial charge on any atom is 0.317 e. The summed E-state index contributed by atoms with van der Waals surface area (Å²) < 4.78 is 25.0. The Morgan fingerprint density at radius 3 is 1.49 bits per heavy atom. The van der Waals surface area contributed by atoms with Crippen LogP contribution in [0.3, 0.4) is 0 Å². The van der Waals surface area contributed by atoms with Gasteiger partial charge in [-0.15, -0.1) is 0 Å². The second-order valence-electron chi connectivity index (χ2n) is 11.2. The predicted molar refractivity (Wildman–Crippen MR) is 144 cm³/mol. The first-order chi connectivity index (χ1) is 16.6. The molecule has 0 rings (SSSR count). The third kappa shape index (κ3) is 14.9. The van der Waals surface area contributed by atoms with Gasteiger partial charge in [0.1, 0.15) is 12.7 Å². The molecule has 35 heavy (non-hydrogen) atoms. The van der Waals surface area contributed by atoms with Gasteiger partial charge in [-0.25, -0.2) is 4.89 Å². The van der Waals surface area contributed by atoms with Crippen LogP contribution in [-0.2, 0) is 28.7 Å². The zero-order valence-electron chi connectivity index (χ0n) is 24.8. The number of rotatable bonds is 24. The first-order valence-corrected chi connectivity index (χ1v) is 14.4. The van der Waals surface area contributed by atoms with E-state index < -0.39 is 17.0 Å². The third-order valence-electron chi connectivity index (χ3n) is 6.20. The van der Waals surface area contributed by atoms with E-state index in [1.807, 2.05) is 0 Å². The summed E-state index contributed by atoms with van der Waals surface area (Å²) in [5.74, 6) is -1.28. The van der Waals surface area contributed by atoms with E-state index >= 15 is 0 Å². The van der Waals surface area contributed by atoms with Gasteiger partial charge in [0.25, 0.3) is 0 Å². The van der Waals surface area contributed by atoms with Crippen LogP contribution in [0.2, 0.25) is 0 Å². The van der Waals surface area contributed by atoms with E-state index in [0.717, 1.165) is 64.2 Å². The highest BCUT2D eigenvalue weighted by Gasteiger charge is 2.48. The topological polar surface area (TPSA) is 55.4 Å². The van der Waals surface area contributed by atoms with Crippen LogP contribution in [0.15, 0.2) is 0 Å². The molecule has 0 aliphatic heterocycles. The van der Waals surface area contributed by atoms with Crippen molar-refractivity contribution in [2.75, 3.05) is 33.0 Å². The molecule has 0 N–H and O–H groups in total. The molecule has 0 spiro atoms. The highest BCUT2D eigenvalue weighted by Crippen LogP contribution is 2.37. The van der Waals surface area contributed by atoms with Crippen molar-refractivity contribution in [1.82, 2.24) is 0 Å². The van der Waals surface area contributed by atoms with Gasteiger partial charge in [0.05, 0.1) is 18.8 Å². The zero-order chi connectivity index (χ0) is 26.6. The standard InChI is InChI=1S/C29H60O6/c1-10-14-18-21-30-26(28(8,9)31-23-19-15-11-2)25-34-35-29(27(5,6)7,32-22-17-13-4)33-24-20-16-12-3/h26H,10-25H2,1-9H3. The van der Waals surface area contributed by atoms with E-state index in [-0.39, 0.29) is 12.7 Å². The number of hydrogen-bond acceptors (Lipinski definition) is 6. The van der Waals surface area contributed by atoms with Crippen molar-refractivity contribution in [3.05, 3.63) is 0 Å². The van der Waals surface area contributed by atoms with Crippen LogP contribution in [0, 0.1) is 5.41 Å². The Labute approximate surface area is 218 Å². The zero-order valence-corrected chi connectivity index (χ0v) is 24.8. The molecule has 2 unspecified atom stereocenters. The highest BCUT2D eigenvalue weighted by atomic mass is 17.3. The Balaban J connectivity index is 5.35. The molecule has 0 radical (unpaired) electrons. The van der Waals surface area contributed by atoms with Gasteiger partial charge in [0, 0.05) is 18.6 Å². The smallest absolute Gasteiger partial charge is 0.317 e. The van der Waals surface area contributed by atoms with Crippen molar-refractivity contribution in [2.45, 2.75) is 151 Å². The summed E-state index contributed by atoms with van der Waals surface area (Å²) in [6.45, 7) is 21.8. The average Bonchev–Trinajstić information content (AvgIpc) is 2.80. The second-order valence-corrected chi connectivity index (χ2v) is 11.2. The number of unbranched alkanes of at least 4 members (excludes halogenated alkanes) is 7. The first-order valence-electron chi connectivity index (χ1n) is 14.4. The fourth-order valence-corrected chi connectivity index (χ4v) is 3.54. The van der Waals surface area contributed by atoms with Crippen molar-refractivity contribution in [2.24, 2.45) is 5.41 Å². The highest BCUT2D eigenvalue weighted by molar-refractivity contribution is 4.81. The lowest BCUT2D eigenvalue weighted by Crippen LogP contribution is -2.52. The molecule has 0 aromatic rings. The van der Waals surface area contributed by atoms with Crippen LogP contribution >= 0.6 is 0 Å². The normalized spacial score (nSPS) is 15.3. The monoisotopic (exact) mass is 504 g/mol. The molecule has 0 bridgehead atoms. The quantitative estimate of drug-likeness (QED) is 0.0571. The molecule has 0 saturated carbocycles. The van der Waals surface area contributed by atoms with Crippen molar-refractivity contribution in [1.29, 1.82) is 0 Å². The minimum Gasteiger partial charge on any atom is -0.373 e. The molecule has 0 aliphatic rings. The fraction of sp³-hybridized carbons (Fsp3) is 1.00. The van der Waals surface area contributed by atoms with Gasteiger partial charge < -0.3 is 18.9 Å². The van der Waals surface area contributed by atoms with Crippen LogP contribution in [-0.4, -0.2) is 50.7 Å². The van der Waals surface area contributed by atoms with Gasteiger partial charge in [-0.2, -0.15) is 4.89 Å². The molecule has 6 heteroatoms. The maximum atomic E-state index is 6.27. The molecular formula is C29H60O6. The molecule has 2 atom stereocenters. The number of ether oxygens (including phenoxy) is 4. The second kappa shape index (κ2) is 19.8. The molecule has 0 aromatic heterocycles. The Kier molecular flexibility index (Phi) is 19.7.